The van der Waals surface area contributed by atoms with Gasteiger partial charge in [0.15, 0.2) is 0 Å². The van der Waals surface area contributed by atoms with Crippen LogP contribution in [0.15, 0.2) is 36.4 Å². The lowest BCUT2D eigenvalue weighted by molar-refractivity contribution is -0.130. The number of benzene rings is 1. The van der Waals surface area contributed by atoms with Gasteiger partial charge >= 0.3 is 0 Å². The zero-order chi connectivity index (χ0) is 15.6. The molecule has 3 heteroatoms. The maximum Gasteiger partial charge on any atom is 0.222 e. The predicted molar refractivity (Wildman–Crippen MR) is 90.1 cm³/mol. The van der Waals surface area contributed by atoms with E-state index in [-0.39, 0.29) is 0 Å². The standard InChI is InChI=1S/C19H27NO2/c1-22-18-13-11-17(12-14-18)9-5-2-3-6-10-19(21)20-15-7-4-8-16-20/h4,7,11-14H,2-3,5-6,8-10,15-16H2,1H3. The lowest BCUT2D eigenvalue weighted by Crippen LogP contribution is -2.33. The van der Waals surface area contributed by atoms with Crippen LogP contribution in [-0.2, 0) is 11.2 Å². The molecule has 1 aromatic rings. The van der Waals surface area contributed by atoms with Crippen LogP contribution in [0, 0.1) is 0 Å². The summed E-state index contributed by atoms with van der Waals surface area (Å²) in [6.45, 7) is 1.70. The summed E-state index contributed by atoms with van der Waals surface area (Å²) in [5.41, 5.74) is 1.36. The van der Waals surface area contributed by atoms with Crippen molar-refractivity contribution in [2.24, 2.45) is 0 Å². The second-order valence-electron chi connectivity index (χ2n) is 5.86. The van der Waals surface area contributed by atoms with Crippen molar-refractivity contribution in [1.82, 2.24) is 4.90 Å². The largest absolute Gasteiger partial charge is 0.497 e. The summed E-state index contributed by atoms with van der Waals surface area (Å²) in [5, 5.41) is 0. The normalized spacial score (nSPS) is 14.1. The van der Waals surface area contributed by atoms with Gasteiger partial charge in [-0.3, -0.25) is 4.79 Å². The zero-order valence-electron chi connectivity index (χ0n) is 13.6. The highest BCUT2D eigenvalue weighted by atomic mass is 16.5. The van der Waals surface area contributed by atoms with Crippen molar-refractivity contribution in [1.29, 1.82) is 0 Å². The van der Waals surface area contributed by atoms with Crippen LogP contribution in [-0.4, -0.2) is 31.0 Å². The third kappa shape index (κ3) is 5.55. The number of nitrogens with zero attached hydrogens (tertiary/aromatic N) is 1. The molecule has 0 radical (unpaired) electrons. The van der Waals surface area contributed by atoms with Crippen molar-refractivity contribution < 1.29 is 9.53 Å². The first-order valence-corrected chi connectivity index (χ1v) is 8.35. The highest BCUT2D eigenvalue weighted by Crippen LogP contribution is 2.14. The van der Waals surface area contributed by atoms with Gasteiger partial charge in [-0.05, 0) is 43.4 Å². The molecule has 1 heterocycles. The number of unbranched alkanes of at least 4 members (excludes halogenated alkanes) is 3. The molecule has 3 nitrogen and oxygen atoms in total. The summed E-state index contributed by atoms with van der Waals surface area (Å²) in [5.74, 6) is 1.23. The minimum absolute atomic E-state index is 0.319. The van der Waals surface area contributed by atoms with E-state index in [0.29, 0.717) is 12.3 Å². The smallest absolute Gasteiger partial charge is 0.222 e. The Morgan fingerprint density at radius 1 is 1.09 bits per heavy atom. The van der Waals surface area contributed by atoms with E-state index in [1.54, 1.807) is 7.11 Å². The summed E-state index contributed by atoms with van der Waals surface area (Å²) < 4.78 is 5.16. The number of ether oxygens (including phenoxy) is 1. The minimum atomic E-state index is 0.319. The molecule has 0 unspecified atom stereocenters. The number of rotatable bonds is 8. The Labute approximate surface area is 134 Å². The fourth-order valence-electron chi connectivity index (χ4n) is 2.78. The second-order valence-corrected chi connectivity index (χ2v) is 5.86. The van der Waals surface area contributed by atoms with Crippen molar-refractivity contribution >= 4 is 5.91 Å². The topological polar surface area (TPSA) is 29.5 Å². The molecule has 0 saturated heterocycles. The van der Waals surface area contributed by atoms with Crippen molar-refractivity contribution in [3.8, 4) is 5.75 Å². The summed E-state index contributed by atoms with van der Waals surface area (Å²) in [7, 11) is 1.69. The number of amides is 1. The molecule has 1 amide bonds. The fraction of sp³-hybridized carbons (Fsp3) is 0.526. The second kappa shape index (κ2) is 9.29. The predicted octanol–water partition coefficient (Wildman–Crippen LogP) is 3.98. The molecule has 1 aromatic carbocycles. The monoisotopic (exact) mass is 301 g/mol. The van der Waals surface area contributed by atoms with E-state index in [1.165, 1.54) is 18.4 Å². The highest BCUT2D eigenvalue weighted by molar-refractivity contribution is 5.76. The number of aryl methyl sites for hydroxylation is 1. The van der Waals surface area contributed by atoms with E-state index in [4.69, 9.17) is 4.74 Å². The van der Waals surface area contributed by atoms with Crippen LogP contribution in [0.3, 0.4) is 0 Å². The third-order valence-electron chi connectivity index (χ3n) is 4.18. The summed E-state index contributed by atoms with van der Waals surface area (Å²) in [4.78, 5) is 14.0. The van der Waals surface area contributed by atoms with Crippen LogP contribution in [0.2, 0.25) is 0 Å². The van der Waals surface area contributed by atoms with Crippen LogP contribution in [0.5, 0.6) is 5.75 Å². The summed E-state index contributed by atoms with van der Waals surface area (Å²) in [6, 6.07) is 8.29. The molecule has 0 atom stereocenters. The van der Waals surface area contributed by atoms with E-state index in [9.17, 15) is 4.79 Å². The van der Waals surface area contributed by atoms with Crippen LogP contribution in [0.1, 0.15) is 44.1 Å². The highest BCUT2D eigenvalue weighted by Gasteiger charge is 2.12. The van der Waals surface area contributed by atoms with E-state index < -0.39 is 0 Å². The average Bonchev–Trinajstić information content (AvgIpc) is 2.59. The average molecular weight is 301 g/mol. The lowest BCUT2D eigenvalue weighted by Gasteiger charge is -2.23. The van der Waals surface area contributed by atoms with Gasteiger partial charge in [0.1, 0.15) is 5.75 Å². The maximum atomic E-state index is 12.0. The number of methoxy groups -OCH3 is 1. The molecule has 0 saturated carbocycles. The number of hydrogen-bond donors (Lipinski definition) is 0. The number of hydrogen-bond acceptors (Lipinski definition) is 2. The Bertz CT molecular complexity index is 479. The van der Waals surface area contributed by atoms with Crippen LogP contribution < -0.4 is 4.74 Å². The lowest BCUT2D eigenvalue weighted by atomic mass is 10.0. The van der Waals surface area contributed by atoms with Gasteiger partial charge in [0.25, 0.3) is 0 Å². The number of carbonyl (C=O) groups is 1. The molecule has 0 aromatic heterocycles. The maximum absolute atomic E-state index is 12.0. The van der Waals surface area contributed by atoms with Gasteiger partial charge in [0, 0.05) is 19.5 Å². The Kier molecular flexibility index (Phi) is 7.01. The summed E-state index contributed by atoms with van der Waals surface area (Å²) >= 11 is 0. The van der Waals surface area contributed by atoms with E-state index in [0.717, 1.165) is 44.5 Å². The Morgan fingerprint density at radius 3 is 2.55 bits per heavy atom. The minimum Gasteiger partial charge on any atom is -0.497 e. The van der Waals surface area contributed by atoms with Crippen molar-refractivity contribution in [3.63, 3.8) is 0 Å². The van der Waals surface area contributed by atoms with Gasteiger partial charge in [-0.15, -0.1) is 0 Å². The molecule has 0 N–H and O–H groups in total. The first-order valence-electron chi connectivity index (χ1n) is 8.35. The first kappa shape index (κ1) is 16.6. The molecule has 120 valence electrons. The van der Waals surface area contributed by atoms with E-state index in [1.807, 2.05) is 17.0 Å². The molecule has 0 fully saturated rings. The molecule has 1 aliphatic rings. The van der Waals surface area contributed by atoms with Gasteiger partial charge in [0.2, 0.25) is 5.91 Å². The van der Waals surface area contributed by atoms with Gasteiger partial charge in [-0.2, -0.15) is 0 Å². The first-order chi connectivity index (χ1) is 10.8. The van der Waals surface area contributed by atoms with E-state index >= 15 is 0 Å². The van der Waals surface area contributed by atoms with Crippen LogP contribution in [0.25, 0.3) is 0 Å². The summed E-state index contributed by atoms with van der Waals surface area (Å²) in [6.07, 6.45) is 11.6. The van der Waals surface area contributed by atoms with Crippen LogP contribution >= 0.6 is 0 Å². The Balaban J connectivity index is 1.53. The van der Waals surface area contributed by atoms with Crippen LogP contribution in [0.4, 0.5) is 0 Å². The molecule has 0 spiro atoms. The molecule has 0 bridgehead atoms. The number of carbonyl (C=O) groups excluding carboxylic acids is 1. The Hall–Kier alpha value is -1.77. The molecular formula is C19H27NO2. The van der Waals surface area contributed by atoms with E-state index in [2.05, 4.69) is 24.3 Å². The quantitative estimate of drug-likeness (QED) is 0.537. The Morgan fingerprint density at radius 2 is 1.86 bits per heavy atom. The van der Waals surface area contributed by atoms with Gasteiger partial charge in [0.05, 0.1) is 7.11 Å². The molecule has 1 aliphatic heterocycles. The SMILES string of the molecule is COc1ccc(CCCCCCC(=O)N2CC=CCC2)cc1. The van der Waals surface area contributed by atoms with Crippen molar-refractivity contribution in [2.45, 2.75) is 44.9 Å². The molecule has 0 aliphatic carbocycles. The van der Waals surface area contributed by atoms with Gasteiger partial charge < -0.3 is 9.64 Å². The molecule has 2 rings (SSSR count). The fourth-order valence-corrected chi connectivity index (χ4v) is 2.78. The molecular weight excluding hydrogens is 274 g/mol. The third-order valence-corrected chi connectivity index (χ3v) is 4.18. The van der Waals surface area contributed by atoms with Gasteiger partial charge in [-0.25, -0.2) is 0 Å². The molecule has 22 heavy (non-hydrogen) atoms. The van der Waals surface area contributed by atoms with Crippen molar-refractivity contribution in [3.05, 3.63) is 42.0 Å². The van der Waals surface area contributed by atoms with Gasteiger partial charge in [-0.1, -0.05) is 37.1 Å². The van der Waals surface area contributed by atoms with Crippen molar-refractivity contribution in [2.75, 3.05) is 20.2 Å². The zero-order valence-corrected chi connectivity index (χ0v) is 13.6.